The van der Waals surface area contributed by atoms with Gasteiger partial charge in [-0.25, -0.2) is 4.79 Å². The van der Waals surface area contributed by atoms with Crippen LogP contribution in [0.5, 0.6) is 0 Å². The number of nitrogens with two attached hydrogens (primary N) is 1. The number of rotatable bonds is 4. The van der Waals surface area contributed by atoms with Gasteiger partial charge in [0, 0.05) is 6.04 Å². The van der Waals surface area contributed by atoms with E-state index in [2.05, 4.69) is 19.2 Å². The van der Waals surface area contributed by atoms with Crippen molar-refractivity contribution in [2.24, 2.45) is 17.6 Å². The SMILES string of the molecule is CCC1CCC(NCC(=O)NC(N)=O)C1C. The largest absolute Gasteiger partial charge is 0.351 e. The van der Waals surface area contributed by atoms with E-state index >= 15 is 0 Å². The summed E-state index contributed by atoms with van der Waals surface area (Å²) in [6, 6.07) is -0.415. The molecule has 3 atom stereocenters. The highest BCUT2D eigenvalue weighted by atomic mass is 16.2. The van der Waals surface area contributed by atoms with Gasteiger partial charge in [0.15, 0.2) is 0 Å². The Morgan fingerprint density at radius 2 is 2.06 bits per heavy atom. The summed E-state index contributed by atoms with van der Waals surface area (Å²) in [5.74, 6) is 0.975. The minimum Gasteiger partial charge on any atom is -0.351 e. The van der Waals surface area contributed by atoms with Crippen LogP contribution in [0.2, 0.25) is 0 Å². The van der Waals surface area contributed by atoms with Crippen molar-refractivity contribution in [2.45, 2.75) is 39.2 Å². The second-order valence-corrected chi connectivity index (χ2v) is 4.50. The van der Waals surface area contributed by atoms with Crippen molar-refractivity contribution in [1.29, 1.82) is 0 Å². The Labute approximate surface area is 96.1 Å². The summed E-state index contributed by atoms with van der Waals surface area (Å²) < 4.78 is 0. The number of urea groups is 1. The van der Waals surface area contributed by atoms with Crippen molar-refractivity contribution < 1.29 is 9.59 Å². The molecule has 0 aromatic rings. The molecule has 4 N–H and O–H groups in total. The third-order valence-electron chi connectivity index (χ3n) is 3.54. The molecule has 3 unspecified atom stereocenters. The van der Waals surface area contributed by atoms with Gasteiger partial charge in [-0.2, -0.15) is 0 Å². The first-order chi connectivity index (χ1) is 7.54. The molecule has 1 aliphatic rings. The van der Waals surface area contributed by atoms with Crippen LogP contribution < -0.4 is 16.4 Å². The predicted molar refractivity (Wildman–Crippen MR) is 61.7 cm³/mol. The van der Waals surface area contributed by atoms with Crippen molar-refractivity contribution in [3.8, 4) is 0 Å². The van der Waals surface area contributed by atoms with Crippen LogP contribution in [0, 0.1) is 11.8 Å². The average molecular weight is 227 g/mol. The molecule has 1 saturated carbocycles. The van der Waals surface area contributed by atoms with Crippen molar-refractivity contribution in [1.82, 2.24) is 10.6 Å². The first-order valence-corrected chi connectivity index (χ1v) is 5.87. The Morgan fingerprint density at radius 3 is 2.56 bits per heavy atom. The molecule has 0 aromatic heterocycles. The Morgan fingerprint density at radius 1 is 1.38 bits per heavy atom. The van der Waals surface area contributed by atoms with E-state index in [-0.39, 0.29) is 12.5 Å². The molecule has 0 radical (unpaired) electrons. The second-order valence-electron chi connectivity index (χ2n) is 4.50. The topological polar surface area (TPSA) is 84.2 Å². The van der Waals surface area contributed by atoms with Crippen LogP contribution in [-0.2, 0) is 4.79 Å². The van der Waals surface area contributed by atoms with E-state index in [1.165, 1.54) is 12.8 Å². The van der Waals surface area contributed by atoms with E-state index in [0.29, 0.717) is 12.0 Å². The highest BCUT2D eigenvalue weighted by Crippen LogP contribution is 2.33. The first-order valence-electron chi connectivity index (χ1n) is 5.87. The zero-order valence-corrected chi connectivity index (χ0v) is 9.95. The summed E-state index contributed by atoms with van der Waals surface area (Å²) in [4.78, 5) is 21.6. The van der Waals surface area contributed by atoms with Crippen molar-refractivity contribution in [3.05, 3.63) is 0 Å². The third-order valence-corrected chi connectivity index (χ3v) is 3.54. The molecule has 0 spiro atoms. The molecule has 0 aromatic carbocycles. The predicted octanol–water partition coefficient (Wildman–Crippen LogP) is 0.596. The van der Waals surface area contributed by atoms with Gasteiger partial charge in [0.05, 0.1) is 6.54 Å². The molecule has 5 heteroatoms. The van der Waals surface area contributed by atoms with E-state index in [9.17, 15) is 9.59 Å². The molecule has 0 aliphatic heterocycles. The molecule has 0 heterocycles. The van der Waals surface area contributed by atoms with Crippen LogP contribution >= 0.6 is 0 Å². The van der Waals surface area contributed by atoms with Crippen LogP contribution in [0.1, 0.15) is 33.1 Å². The fraction of sp³-hybridized carbons (Fsp3) is 0.818. The highest BCUT2D eigenvalue weighted by Gasteiger charge is 2.31. The molecule has 1 aliphatic carbocycles. The van der Waals surface area contributed by atoms with Gasteiger partial charge in [-0.3, -0.25) is 10.1 Å². The average Bonchev–Trinajstić information content (AvgIpc) is 2.55. The number of carbonyl (C=O) groups is 2. The van der Waals surface area contributed by atoms with Gasteiger partial charge < -0.3 is 11.1 Å². The third kappa shape index (κ3) is 3.48. The number of hydrogen-bond donors (Lipinski definition) is 3. The second kappa shape index (κ2) is 5.84. The first kappa shape index (κ1) is 13.0. The van der Waals surface area contributed by atoms with Gasteiger partial charge in [-0.15, -0.1) is 0 Å². The zero-order valence-electron chi connectivity index (χ0n) is 9.95. The van der Waals surface area contributed by atoms with E-state index in [4.69, 9.17) is 5.73 Å². The number of primary amides is 1. The normalized spacial score (nSPS) is 29.0. The smallest absolute Gasteiger partial charge is 0.318 e. The quantitative estimate of drug-likeness (QED) is 0.657. The minimum absolute atomic E-state index is 0.161. The van der Waals surface area contributed by atoms with E-state index in [0.717, 1.165) is 12.3 Å². The Bertz CT molecular complexity index is 268. The summed E-state index contributed by atoms with van der Waals surface area (Å²) in [5, 5.41) is 5.23. The number of amides is 3. The van der Waals surface area contributed by atoms with Crippen LogP contribution in [-0.4, -0.2) is 24.5 Å². The van der Waals surface area contributed by atoms with Gasteiger partial charge in [0.2, 0.25) is 5.91 Å². The van der Waals surface area contributed by atoms with Crippen molar-refractivity contribution in [2.75, 3.05) is 6.54 Å². The van der Waals surface area contributed by atoms with Crippen molar-refractivity contribution >= 4 is 11.9 Å². The molecule has 1 fully saturated rings. The zero-order chi connectivity index (χ0) is 12.1. The maximum atomic E-state index is 11.2. The van der Waals surface area contributed by atoms with Gasteiger partial charge in [0.25, 0.3) is 0 Å². The van der Waals surface area contributed by atoms with Gasteiger partial charge in [0.1, 0.15) is 0 Å². The van der Waals surface area contributed by atoms with E-state index < -0.39 is 6.03 Å². The summed E-state index contributed by atoms with van der Waals surface area (Å²) in [7, 11) is 0. The van der Waals surface area contributed by atoms with Crippen LogP contribution in [0.4, 0.5) is 4.79 Å². The molecular formula is C11H21N3O2. The van der Waals surface area contributed by atoms with E-state index in [1.54, 1.807) is 0 Å². The molecule has 3 amide bonds. The number of imide groups is 1. The molecule has 92 valence electrons. The van der Waals surface area contributed by atoms with Crippen LogP contribution in [0.3, 0.4) is 0 Å². The lowest BCUT2D eigenvalue weighted by atomic mass is 9.93. The number of nitrogens with one attached hydrogen (secondary N) is 2. The Balaban J connectivity index is 2.28. The number of hydrogen-bond acceptors (Lipinski definition) is 3. The van der Waals surface area contributed by atoms with Crippen molar-refractivity contribution in [3.63, 3.8) is 0 Å². The monoisotopic (exact) mass is 227 g/mol. The Kier molecular flexibility index (Phi) is 4.73. The van der Waals surface area contributed by atoms with Gasteiger partial charge >= 0.3 is 6.03 Å². The fourth-order valence-electron chi connectivity index (χ4n) is 2.52. The molecule has 5 nitrogen and oxygen atoms in total. The maximum absolute atomic E-state index is 11.2. The molecular weight excluding hydrogens is 206 g/mol. The van der Waals surface area contributed by atoms with Gasteiger partial charge in [-0.1, -0.05) is 20.3 Å². The standard InChI is InChI=1S/C11H21N3O2/c1-3-8-4-5-9(7(8)2)13-6-10(15)14-11(12)16/h7-9,13H,3-6H2,1-2H3,(H3,12,14,15,16). The highest BCUT2D eigenvalue weighted by molar-refractivity contribution is 5.94. The van der Waals surface area contributed by atoms with E-state index in [1.807, 2.05) is 5.32 Å². The fourth-order valence-corrected chi connectivity index (χ4v) is 2.52. The lowest BCUT2D eigenvalue weighted by Gasteiger charge is -2.20. The van der Waals surface area contributed by atoms with Gasteiger partial charge in [-0.05, 0) is 24.7 Å². The Hall–Kier alpha value is -1.10. The summed E-state index contributed by atoms with van der Waals surface area (Å²) in [6.45, 7) is 4.57. The number of carbonyl (C=O) groups excluding carboxylic acids is 2. The molecule has 16 heavy (non-hydrogen) atoms. The molecule has 0 bridgehead atoms. The molecule has 1 rings (SSSR count). The van der Waals surface area contributed by atoms with Crippen LogP contribution in [0.25, 0.3) is 0 Å². The maximum Gasteiger partial charge on any atom is 0.318 e. The molecule has 0 saturated heterocycles. The lowest BCUT2D eigenvalue weighted by molar-refractivity contribution is -0.119. The summed E-state index contributed by atoms with van der Waals surface area (Å²) >= 11 is 0. The lowest BCUT2D eigenvalue weighted by Crippen LogP contribution is -2.44. The summed E-state index contributed by atoms with van der Waals surface area (Å²) in [5.41, 5.74) is 4.85. The minimum atomic E-state index is -0.794. The summed E-state index contributed by atoms with van der Waals surface area (Å²) in [6.07, 6.45) is 3.50. The van der Waals surface area contributed by atoms with Crippen LogP contribution in [0.15, 0.2) is 0 Å².